The van der Waals surface area contributed by atoms with Gasteiger partial charge in [-0.15, -0.1) is 0 Å². The molecule has 1 N–H and O–H groups in total. The number of carbonyl (C=O) groups is 4. The molecule has 0 aliphatic carbocycles. The number of para-hydroxylation sites is 4. The summed E-state index contributed by atoms with van der Waals surface area (Å²) in [6.07, 6.45) is 0.570. The monoisotopic (exact) mass is 1120 g/mol. The van der Waals surface area contributed by atoms with Gasteiger partial charge in [-0.3, -0.25) is 5.32 Å². The van der Waals surface area contributed by atoms with Gasteiger partial charge in [-0.05, 0) is 126 Å². The summed E-state index contributed by atoms with van der Waals surface area (Å²) in [6, 6.07) is 80.6. The second kappa shape index (κ2) is 24.0. The number of nitriles is 2. The number of hydrogen-bond acceptors (Lipinski definition) is 14. The molecule has 12 rings (SSSR count). The van der Waals surface area contributed by atoms with E-state index >= 15 is 0 Å². The first-order valence-electron chi connectivity index (χ1n) is 27.3. The Morgan fingerprint density at radius 1 is 0.430 bits per heavy atom. The van der Waals surface area contributed by atoms with Crippen molar-refractivity contribution in [3.05, 3.63) is 334 Å². The van der Waals surface area contributed by atoms with Gasteiger partial charge in [0.25, 0.3) is 0 Å². The summed E-state index contributed by atoms with van der Waals surface area (Å²) in [5, 5.41) is 26.3. The van der Waals surface area contributed by atoms with Crippen molar-refractivity contribution in [2.24, 2.45) is 9.98 Å². The van der Waals surface area contributed by atoms with Crippen LogP contribution in [0.1, 0.15) is 98.1 Å². The molecule has 14 nitrogen and oxygen atoms in total. The molecular weight excluding hydrogens is 1080 g/mol. The fourth-order valence-electron chi connectivity index (χ4n) is 11.0. The van der Waals surface area contributed by atoms with E-state index in [2.05, 4.69) is 17.5 Å². The van der Waals surface area contributed by atoms with Crippen LogP contribution in [0.5, 0.6) is 23.0 Å². The Morgan fingerprint density at radius 3 is 1.23 bits per heavy atom. The third kappa shape index (κ3) is 10.7. The third-order valence-corrected chi connectivity index (χ3v) is 15.0. The molecule has 0 aromatic heterocycles. The van der Waals surface area contributed by atoms with Gasteiger partial charge in [0.1, 0.15) is 23.0 Å². The maximum atomic E-state index is 14.1. The number of ether oxygens (including phenoxy) is 4. The van der Waals surface area contributed by atoms with Gasteiger partial charge in [0.2, 0.25) is 5.79 Å². The normalized spacial score (nSPS) is 16.6. The molecule has 1 fully saturated rings. The largest absolute Gasteiger partial charge is 0.423 e. The van der Waals surface area contributed by atoms with E-state index in [0.29, 0.717) is 67.7 Å². The van der Waals surface area contributed by atoms with E-state index in [1.54, 1.807) is 200 Å². The van der Waals surface area contributed by atoms with Crippen molar-refractivity contribution in [1.29, 1.82) is 10.5 Å². The number of nitrogens with zero attached hydrogens (tertiary/aromatic N) is 5. The number of rotatable bonds is 15. The zero-order chi connectivity index (χ0) is 59.0. The first kappa shape index (κ1) is 54.9. The topological polar surface area (TPSA) is 193 Å². The van der Waals surface area contributed by atoms with E-state index in [4.69, 9.17) is 28.9 Å². The van der Waals surface area contributed by atoms with Crippen LogP contribution < -0.4 is 24.3 Å². The summed E-state index contributed by atoms with van der Waals surface area (Å²) in [6.45, 7) is 0. The van der Waals surface area contributed by atoms with Gasteiger partial charge in [-0.1, -0.05) is 158 Å². The van der Waals surface area contributed by atoms with E-state index in [1.807, 2.05) is 77.7 Å². The van der Waals surface area contributed by atoms with Crippen LogP contribution in [0.25, 0.3) is 0 Å². The summed E-state index contributed by atoms with van der Waals surface area (Å²) in [5.41, 5.74) is 3.33. The Labute approximate surface area is 494 Å². The second-order valence-corrected chi connectivity index (χ2v) is 20.1. The van der Waals surface area contributed by atoms with Crippen molar-refractivity contribution in [2.45, 2.75) is 23.5 Å². The number of nitrogens with one attached hydrogen (secondary N) is 1. The molecule has 3 unspecified atom stereocenters. The van der Waals surface area contributed by atoms with Crippen LogP contribution in [-0.2, 0) is 11.3 Å². The Hall–Kier alpha value is -11.7. The van der Waals surface area contributed by atoms with Gasteiger partial charge in [-0.25, -0.2) is 34.1 Å². The number of esters is 4. The van der Waals surface area contributed by atoms with Gasteiger partial charge < -0.3 is 18.9 Å². The zero-order valence-electron chi connectivity index (χ0n) is 45.6. The van der Waals surface area contributed by atoms with Gasteiger partial charge in [-0.2, -0.15) is 10.5 Å². The minimum Gasteiger partial charge on any atom is -0.423 e. The predicted octanol–water partition coefficient (Wildman–Crippen LogP) is 13.3. The fraction of sp³-hybridized carbons (Fsp3) is 0.0556. The highest BCUT2D eigenvalue weighted by molar-refractivity contribution is 6.39. The summed E-state index contributed by atoms with van der Waals surface area (Å²) in [5.74, 6) is -2.92. The van der Waals surface area contributed by atoms with Crippen molar-refractivity contribution in [1.82, 2.24) is 10.2 Å². The van der Waals surface area contributed by atoms with Crippen LogP contribution in [0, 0.1) is 22.7 Å². The molecule has 0 saturated carbocycles. The Morgan fingerprint density at radius 2 is 0.802 bits per heavy atom. The Balaban J connectivity index is 1.11. The predicted molar refractivity (Wildman–Crippen MR) is 322 cm³/mol. The quantitative estimate of drug-likeness (QED) is 0.0755. The molecule has 0 amide bonds. The molecule has 10 aromatic rings. The van der Waals surface area contributed by atoms with Crippen molar-refractivity contribution >= 4 is 35.8 Å². The van der Waals surface area contributed by atoms with Crippen LogP contribution in [0.15, 0.2) is 277 Å². The lowest BCUT2D eigenvalue weighted by Crippen LogP contribution is -2.55. The van der Waals surface area contributed by atoms with Gasteiger partial charge >= 0.3 is 23.9 Å². The van der Waals surface area contributed by atoms with E-state index in [9.17, 15) is 29.7 Å². The zero-order valence-corrected chi connectivity index (χ0v) is 45.6. The molecule has 2 aliphatic rings. The van der Waals surface area contributed by atoms with Crippen molar-refractivity contribution < 1.29 is 38.1 Å². The van der Waals surface area contributed by atoms with Gasteiger partial charge in [0.15, 0.2) is 0 Å². The number of aliphatic imine (C=N–C) groups is 2. The van der Waals surface area contributed by atoms with Crippen LogP contribution >= 0.6 is 0 Å². The molecule has 10 aromatic carbocycles. The fourth-order valence-corrected chi connectivity index (χ4v) is 11.0. The molecule has 0 bridgehead atoms. The highest BCUT2D eigenvalue weighted by Gasteiger charge is 2.65. The van der Waals surface area contributed by atoms with Crippen LogP contribution in [0.3, 0.4) is 0 Å². The first-order chi connectivity index (χ1) is 42.1. The standard InChI is InChI=1S/C72H48N6O8/c73-45-54-17-13-15-27-62(54)66-76-65(49-31-35-51(36-32-49)68(80)84-59-21-7-2-8-22-59)71(56-41-37-52(38-42-56)69(81)85-60-23-9-3-10-24-60,57-43-39-53(40-44-57)70(82)86-61-25-11-4-12-26-61)78(66)72(63-28-16-14-18-55(63)46-74)75-47-64(77-72)48-29-33-50(34-30-48)67(79)83-58-19-5-1-6-20-58/h1-44,47,65-66,76H. The van der Waals surface area contributed by atoms with Crippen molar-refractivity contribution in [3.8, 4) is 35.1 Å². The number of hydrogen-bond donors (Lipinski definition) is 1. The SMILES string of the molecule is N#Cc1ccccc1C1NC(c2ccc(C(=O)Oc3ccccc3)cc2)C(c2ccc(C(=O)Oc3ccccc3)cc2)(c2ccc(C(=O)Oc3ccccc3)cc2)N1C1(c2ccccc2C#N)N=CC(c2ccc(C(=O)Oc3ccccc3)cc2)=N1. The lowest BCUT2D eigenvalue weighted by molar-refractivity contribution is -0.00313. The lowest BCUT2D eigenvalue weighted by Gasteiger charge is -2.50. The third-order valence-electron chi connectivity index (χ3n) is 15.0. The van der Waals surface area contributed by atoms with E-state index in [1.165, 1.54) is 0 Å². The molecule has 2 heterocycles. The minimum absolute atomic E-state index is 0.216. The highest BCUT2D eigenvalue weighted by Crippen LogP contribution is 2.61. The first-order valence-corrected chi connectivity index (χ1v) is 27.3. The Bertz CT molecular complexity index is 4210. The smallest absolute Gasteiger partial charge is 0.343 e. The molecule has 86 heavy (non-hydrogen) atoms. The van der Waals surface area contributed by atoms with Crippen LogP contribution in [0.4, 0.5) is 0 Å². The molecule has 0 radical (unpaired) electrons. The van der Waals surface area contributed by atoms with Gasteiger partial charge in [0, 0.05) is 16.7 Å². The van der Waals surface area contributed by atoms with Crippen molar-refractivity contribution in [3.63, 3.8) is 0 Å². The number of carbonyl (C=O) groups excluding carboxylic acids is 4. The number of benzene rings is 10. The molecule has 3 atom stereocenters. The lowest BCUT2D eigenvalue weighted by atomic mass is 9.72. The van der Waals surface area contributed by atoms with Crippen LogP contribution in [0.2, 0.25) is 0 Å². The summed E-state index contributed by atoms with van der Waals surface area (Å²) < 4.78 is 23.2. The van der Waals surface area contributed by atoms with Gasteiger partial charge in [0.05, 0.1) is 75.2 Å². The summed E-state index contributed by atoms with van der Waals surface area (Å²) in [4.78, 5) is 68.7. The Kier molecular flexibility index (Phi) is 15.3. The van der Waals surface area contributed by atoms with Crippen molar-refractivity contribution in [2.75, 3.05) is 0 Å². The minimum atomic E-state index is -1.95. The molecule has 2 aliphatic heterocycles. The van der Waals surface area contributed by atoms with E-state index in [-0.39, 0.29) is 27.8 Å². The molecule has 0 spiro atoms. The molecule has 1 saturated heterocycles. The average Bonchev–Trinajstić information content (AvgIpc) is 1.49. The molecular formula is C72H48N6O8. The van der Waals surface area contributed by atoms with E-state index < -0.39 is 47.4 Å². The van der Waals surface area contributed by atoms with Crippen LogP contribution in [-0.4, -0.2) is 40.7 Å². The summed E-state index contributed by atoms with van der Waals surface area (Å²) in [7, 11) is 0. The highest BCUT2D eigenvalue weighted by atomic mass is 16.5. The molecule has 414 valence electrons. The maximum Gasteiger partial charge on any atom is 0.343 e. The summed E-state index contributed by atoms with van der Waals surface area (Å²) >= 11 is 0. The second-order valence-electron chi connectivity index (χ2n) is 20.1. The molecule has 14 heteroatoms. The average molecular weight is 1130 g/mol. The van der Waals surface area contributed by atoms with E-state index in [0.717, 1.165) is 0 Å². The maximum absolute atomic E-state index is 14.1.